The number of carbonyl (C=O) groups excluding carboxylic acids is 2. The molecule has 1 aromatic rings. The van der Waals surface area contributed by atoms with E-state index in [-0.39, 0.29) is 12.5 Å². The molecule has 0 saturated carbocycles. The van der Waals surface area contributed by atoms with Crippen molar-refractivity contribution in [2.24, 2.45) is 0 Å². The van der Waals surface area contributed by atoms with Crippen LogP contribution in [0.4, 0.5) is 0 Å². The van der Waals surface area contributed by atoms with Gasteiger partial charge in [-0.1, -0.05) is 12.1 Å². The molecule has 1 atom stereocenters. The number of methoxy groups -OCH3 is 1. The number of allylic oxidation sites excluding steroid dienone is 1. The lowest BCUT2D eigenvalue weighted by molar-refractivity contribution is -0.134. The van der Waals surface area contributed by atoms with E-state index < -0.39 is 12.1 Å². The first-order valence-corrected chi connectivity index (χ1v) is 6.05. The first-order chi connectivity index (χ1) is 9.60. The summed E-state index contributed by atoms with van der Waals surface area (Å²) in [7, 11) is 1.27. The van der Waals surface area contributed by atoms with Crippen LogP contribution in [0.3, 0.4) is 0 Å². The predicted octanol–water partition coefficient (Wildman–Crippen LogP) is 1.02. The number of rotatable bonds is 3. The maximum Gasteiger partial charge on any atom is 0.332 e. The van der Waals surface area contributed by atoms with Gasteiger partial charge in [-0.3, -0.25) is 4.79 Å². The number of ether oxygens (including phenoxy) is 3. The standard InChI is InChI=1S/C14H15NO5/c1-9(7-13(16)18-2)15-14(17)12-8-19-10-5-3-4-6-11(10)20-12/h3-7,12H,8H2,1-2H3,(H,15,17)/b9-7+/t12-/m0/s1. The third-order valence-electron chi connectivity index (χ3n) is 2.66. The molecule has 6 nitrogen and oxygen atoms in total. The van der Waals surface area contributed by atoms with E-state index >= 15 is 0 Å². The van der Waals surface area contributed by atoms with Gasteiger partial charge in [0.05, 0.1) is 7.11 Å². The number of para-hydroxylation sites is 2. The van der Waals surface area contributed by atoms with E-state index in [1.807, 2.05) is 6.07 Å². The number of carbonyl (C=O) groups is 2. The second-order valence-corrected chi connectivity index (χ2v) is 4.20. The minimum absolute atomic E-state index is 0.119. The molecule has 20 heavy (non-hydrogen) atoms. The highest BCUT2D eigenvalue weighted by Crippen LogP contribution is 2.30. The molecule has 0 unspecified atom stereocenters. The number of benzene rings is 1. The van der Waals surface area contributed by atoms with E-state index in [1.54, 1.807) is 25.1 Å². The van der Waals surface area contributed by atoms with Crippen molar-refractivity contribution in [1.82, 2.24) is 5.32 Å². The van der Waals surface area contributed by atoms with Crippen LogP contribution in [-0.2, 0) is 14.3 Å². The molecule has 0 radical (unpaired) electrons. The highest BCUT2D eigenvalue weighted by molar-refractivity contribution is 5.86. The van der Waals surface area contributed by atoms with Gasteiger partial charge >= 0.3 is 5.97 Å². The molecule has 0 bridgehead atoms. The van der Waals surface area contributed by atoms with Gasteiger partial charge in [0.1, 0.15) is 6.61 Å². The van der Waals surface area contributed by atoms with E-state index in [0.29, 0.717) is 17.2 Å². The Morgan fingerprint density at radius 1 is 1.35 bits per heavy atom. The van der Waals surface area contributed by atoms with Gasteiger partial charge in [-0.25, -0.2) is 4.79 Å². The summed E-state index contributed by atoms with van der Waals surface area (Å²) < 4.78 is 15.5. The zero-order chi connectivity index (χ0) is 14.5. The van der Waals surface area contributed by atoms with Crippen molar-refractivity contribution >= 4 is 11.9 Å². The molecule has 2 rings (SSSR count). The highest BCUT2D eigenvalue weighted by atomic mass is 16.6. The van der Waals surface area contributed by atoms with Gasteiger partial charge in [-0.05, 0) is 19.1 Å². The van der Waals surface area contributed by atoms with Gasteiger partial charge in [-0.2, -0.15) is 0 Å². The van der Waals surface area contributed by atoms with Crippen LogP contribution in [0.5, 0.6) is 11.5 Å². The second-order valence-electron chi connectivity index (χ2n) is 4.20. The summed E-state index contributed by atoms with van der Waals surface area (Å²) in [5, 5.41) is 2.56. The van der Waals surface area contributed by atoms with E-state index in [2.05, 4.69) is 10.1 Å². The molecule has 0 spiro atoms. The van der Waals surface area contributed by atoms with Gasteiger partial charge in [-0.15, -0.1) is 0 Å². The molecule has 6 heteroatoms. The molecule has 1 amide bonds. The van der Waals surface area contributed by atoms with Crippen LogP contribution in [-0.4, -0.2) is 31.7 Å². The molecule has 106 valence electrons. The summed E-state index contributed by atoms with van der Waals surface area (Å²) in [6.45, 7) is 1.71. The normalized spacial score (nSPS) is 17.3. The molecule has 0 fully saturated rings. The molecule has 0 saturated heterocycles. The van der Waals surface area contributed by atoms with Crippen molar-refractivity contribution in [3.63, 3.8) is 0 Å². The average molecular weight is 277 g/mol. The van der Waals surface area contributed by atoms with Gasteiger partial charge in [0.25, 0.3) is 5.91 Å². The Kier molecular flexibility index (Phi) is 4.24. The second kappa shape index (κ2) is 6.10. The van der Waals surface area contributed by atoms with Gasteiger partial charge in [0.15, 0.2) is 11.5 Å². The Bertz CT molecular complexity index is 552. The van der Waals surface area contributed by atoms with Crippen molar-refractivity contribution in [2.75, 3.05) is 13.7 Å². The minimum atomic E-state index is -0.758. The van der Waals surface area contributed by atoms with Gasteiger partial charge in [0.2, 0.25) is 6.10 Å². The summed E-state index contributed by atoms with van der Waals surface area (Å²) >= 11 is 0. The third-order valence-corrected chi connectivity index (χ3v) is 2.66. The molecule has 0 aromatic heterocycles. The molecule has 1 N–H and O–H groups in total. The lowest BCUT2D eigenvalue weighted by Crippen LogP contribution is -2.43. The fourth-order valence-corrected chi connectivity index (χ4v) is 1.70. The van der Waals surface area contributed by atoms with Gasteiger partial charge < -0.3 is 19.5 Å². The summed E-state index contributed by atoms with van der Waals surface area (Å²) in [4.78, 5) is 23.0. The number of nitrogens with one attached hydrogen (secondary N) is 1. The largest absolute Gasteiger partial charge is 0.485 e. The van der Waals surface area contributed by atoms with Gasteiger partial charge in [0, 0.05) is 11.8 Å². The predicted molar refractivity (Wildman–Crippen MR) is 70.3 cm³/mol. The SMILES string of the molecule is COC(=O)/C=C(\C)NC(=O)[C@@H]1COc2ccccc2O1. The van der Waals surface area contributed by atoms with Crippen LogP contribution in [0, 0.1) is 0 Å². The highest BCUT2D eigenvalue weighted by Gasteiger charge is 2.27. The molecule has 0 aliphatic carbocycles. The number of amides is 1. The van der Waals surface area contributed by atoms with Crippen molar-refractivity contribution in [2.45, 2.75) is 13.0 Å². The molecular weight excluding hydrogens is 262 g/mol. The monoisotopic (exact) mass is 277 g/mol. The Balaban J connectivity index is 1.98. The van der Waals surface area contributed by atoms with Crippen LogP contribution >= 0.6 is 0 Å². The number of hydrogen-bond acceptors (Lipinski definition) is 5. The first-order valence-electron chi connectivity index (χ1n) is 6.05. The minimum Gasteiger partial charge on any atom is -0.485 e. The number of fused-ring (bicyclic) bond motifs is 1. The summed E-state index contributed by atoms with van der Waals surface area (Å²) in [6, 6.07) is 7.12. The Hall–Kier alpha value is -2.50. The zero-order valence-electron chi connectivity index (χ0n) is 11.2. The Labute approximate surface area is 116 Å². The summed E-state index contributed by atoms with van der Waals surface area (Å²) in [5.41, 5.74) is 0.379. The van der Waals surface area contributed by atoms with Crippen molar-refractivity contribution in [1.29, 1.82) is 0 Å². The molecule has 1 aliphatic rings. The maximum absolute atomic E-state index is 12.0. The fourth-order valence-electron chi connectivity index (χ4n) is 1.70. The molecular formula is C14H15NO5. The van der Waals surface area contributed by atoms with E-state index in [0.717, 1.165) is 0 Å². The first kappa shape index (κ1) is 13.9. The fraction of sp³-hybridized carbons (Fsp3) is 0.286. The molecule has 1 aromatic carbocycles. The third kappa shape index (κ3) is 3.28. The van der Waals surface area contributed by atoms with Crippen molar-refractivity contribution in [3.8, 4) is 11.5 Å². The van der Waals surface area contributed by atoms with E-state index in [4.69, 9.17) is 9.47 Å². The van der Waals surface area contributed by atoms with Crippen LogP contribution in [0.15, 0.2) is 36.0 Å². The molecule has 1 aliphatic heterocycles. The van der Waals surface area contributed by atoms with Crippen LogP contribution in [0.25, 0.3) is 0 Å². The number of hydrogen-bond donors (Lipinski definition) is 1. The van der Waals surface area contributed by atoms with Crippen LogP contribution < -0.4 is 14.8 Å². The van der Waals surface area contributed by atoms with E-state index in [9.17, 15) is 9.59 Å². The van der Waals surface area contributed by atoms with E-state index in [1.165, 1.54) is 13.2 Å². The van der Waals surface area contributed by atoms with Crippen LogP contribution in [0.2, 0.25) is 0 Å². The molecule has 1 heterocycles. The Morgan fingerprint density at radius 2 is 2.05 bits per heavy atom. The maximum atomic E-state index is 12.0. The zero-order valence-corrected chi connectivity index (χ0v) is 11.2. The average Bonchev–Trinajstić information content (AvgIpc) is 2.46. The lowest BCUT2D eigenvalue weighted by atomic mass is 10.2. The van der Waals surface area contributed by atoms with Crippen molar-refractivity contribution in [3.05, 3.63) is 36.0 Å². The smallest absolute Gasteiger partial charge is 0.332 e. The number of esters is 1. The van der Waals surface area contributed by atoms with Crippen LogP contribution in [0.1, 0.15) is 6.92 Å². The quantitative estimate of drug-likeness (QED) is 0.659. The summed E-state index contributed by atoms with van der Waals surface area (Å²) in [6.07, 6.45) is 0.432. The Morgan fingerprint density at radius 3 is 2.75 bits per heavy atom. The topological polar surface area (TPSA) is 73.9 Å². The summed E-state index contributed by atoms with van der Waals surface area (Å²) in [5.74, 6) is 0.220. The van der Waals surface area contributed by atoms with Crippen molar-refractivity contribution < 1.29 is 23.8 Å². The lowest BCUT2D eigenvalue weighted by Gasteiger charge is -2.25.